The second kappa shape index (κ2) is 6.13. The summed E-state index contributed by atoms with van der Waals surface area (Å²) in [6, 6.07) is 6.99. The van der Waals surface area contributed by atoms with Crippen LogP contribution >= 0.6 is 11.6 Å². The number of nitrogens with zero attached hydrogens (tertiary/aromatic N) is 1. The van der Waals surface area contributed by atoms with Crippen LogP contribution in [0, 0.1) is 11.3 Å². The van der Waals surface area contributed by atoms with Crippen molar-refractivity contribution in [3.63, 3.8) is 0 Å². The predicted octanol–water partition coefficient (Wildman–Crippen LogP) is 1.75. The van der Waals surface area contributed by atoms with Gasteiger partial charge < -0.3 is 15.3 Å². The van der Waals surface area contributed by atoms with Crippen LogP contribution in [0.5, 0.6) is 0 Å². The van der Waals surface area contributed by atoms with E-state index in [0.717, 1.165) is 18.4 Å². The van der Waals surface area contributed by atoms with Gasteiger partial charge >= 0.3 is 0 Å². The van der Waals surface area contributed by atoms with Gasteiger partial charge in [-0.1, -0.05) is 23.7 Å². The Labute approximate surface area is 140 Å². The molecule has 0 aromatic heterocycles. The highest BCUT2D eigenvalue weighted by atomic mass is 35.5. The van der Waals surface area contributed by atoms with Crippen molar-refractivity contribution in [2.45, 2.75) is 25.3 Å². The maximum atomic E-state index is 12.6. The molecule has 1 saturated heterocycles. The second-order valence-corrected chi connectivity index (χ2v) is 7.13. The Balaban J connectivity index is 1.76. The van der Waals surface area contributed by atoms with E-state index in [1.807, 2.05) is 12.1 Å². The topological polar surface area (TPSA) is 69.6 Å². The van der Waals surface area contributed by atoms with E-state index in [1.54, 1.807) is 24.1 Å². The molecule has 2 atom stereocenters. The molecule has 1 aliphatic carbocycles. The second-order valence-electron chi connectivity index (χ2n) is 6.69. The number of carbonyl (C=O) groups excluding carboxylic acids is 2. The zero-order chi connectivity index (χ0) is 16.6. The standard InChI is InChI=1S/C17H21ClN2O3/c1-20-14(22)8-13(15(20)11-3-2-4-12(18)7-11)16(23)19-9-17(10-21)5-6-17/h2-4,7,13,15,21H,5-6,8-10H2,1H3,(H,19,23). The molecule has 3 rings (SSSR count). The van der Waals surface area contributed by atoms with E-state index in [1.165, 1.54) is 0 Å². The highest BCUT2D eigenvalue weighted by molar-refractivity contribution is 6.30. The highest BCUT2D eigenvalue weighted by Crippen LogP contribution is 2.44. The third kappa shape index (κ3) is 3.21. The molecule has 23 heavy (non-hydrogen) atoms. The molecule has 1 aromatic carbocycles. The van der Waals surface area contributed by atoms with Gasteiger partial charge in [0.25, 0.3) is 0 Å². The van der Waals surface area contributed by atoms with Crippen molar-refractivity contribution in [2.24, 2.45) is 11.3 Å². The third-order valence-corrected chi connectivity index (χ3v) is 5.28. The molecule has 124 valence electrons. The number of likely N-dealkylation sites (tertiary alicyclic amines) is 1. The fraction of sp³-hybridized carbons (Fsp3) is 0.529. The van der Waals surface area contributed by atoms with Crippen LogP contribution in [0.15, 0.2) is 24.3 Å². The van der Waals surface area contributed by atoms with Crippen molar-refractivity contribution in [1.29, 1.82) is 0 Å². The van der Waals surface area contributed by atoms with Crippen LogP contribution in [-0.2, 0) is 9.59 Å². The summed E-state index contributed by atoms with van der Waals surface area (Å²) in [7, 11) is 1.72. The number of benzene rings is 1. The number of hydrogen-bond donors (Lipinski definition) is 2. The minimum Gasteiger partial charge on any atom is -0.396 e. The van der Waals surface area contributed by atoms with Crippen molar-refractivity contribution in [3.05, 3.63) is 34.9 Å². The van der Waals surface area contributed by atoms with Crippen molar-refractivity contribution in [3.8, 4) is 0 Å². The first-order valence-corrected chi connectivity index (χ1v) is 8.23. The monoisotopic (exact) mass is 336 g/mol. The first kappa shape index (κ1) is 16.3. The summed E-state index contributed by atoms with van der Waals surface area (Å²) in [5, 5.41) is 12.9. The number of aliphatic hydroxyl groups is 1. The molecule has 2 aliphatic rings. The summed E-state index contributed by atoms with van der Waals surface area (Å²) >= 11 is 6.05. The number of nitrogens with one attached hydrogen (secondary N) is 1. The lowest BCUT2D eigenvalue weighted by molar-refractivity contribution is -0.128. The first-order valence-electron chi connectivity index (χ1n) is 7.85. The van der Waals surface area contributed by atoms with Crippen LogP contribution < -0.4 is 5.32 Å². The molecule has 6 heteroatoms. The van der Waals surface area contributed by atoms with Crippen molar-refractivity contribution in [2.75, 3.05) is 20.2 Å². The van der Waals surface area contributed by atoms with Crippen molar-refractivity contribution in [1.82, 2.24) is 10.2 Å². The average molecular weight is 337 g/mol. The van der Waals surface area contributed by atoms with Crippen LogP contribution in [-0.4, -0.2) is 42.0 Å². The largest absolute Gasteiger partial charge is 0.396 e. The fourth-order valence-corrected chi connectivity index (χ4v) is 3.42. The smallest absolute Gasteiger partial charge is 0.226 e. The lowest BCUT2D eigenvalue weighted by Gasteiger charge is -2.25. The minimum atomic E-state index is -0.430. The molecule has 2 unspecified atom stereocenters. The molecule has 1 saturated carbocycles. The number of aliphatic hydroxyl groups excluding tert-OH is 1. The van der Waals surface area contributed by atoms with E-state index in [9.17, 15) is 14.7 Å². The van der Waals surface area contributed by atoms with Gasteiger partial charge in [-0.05, 0) is 30.5 Å². The lowest BCUT2D eigenvalue weighted by Crippen LogP contribution is -2.38. The minimum absolute atomic E-state index is 0.0431. The van der Waals surface area contributed by atoms with Gasteiger partial charge in [-0.15, -0.1) is 0 Å². The van der Waals surface area contributed by atoms with Crippen LogP contribution in [0.1, 0.15) is 30.9 Å². The van der Waals surface area contributed by atoms with Gasteiger partial charge in [0, 0.05) is 30.5 Å². The zero-order valence-corrected chi connectivity index (χ0v) is 13.8. The highest BCUT2D eigenvalue weighted by Gasteiger charge is 2.45. The normalized spacial score (nSPS) is 25.5. The Morgan fingerprint density at radius 3 is 2.83 bits per heavy atom. The maximum Gasteiger partial charge on any atom is 0.226 e. The lowest BCUT2D eigenvalue weighted by atomic mass is 9.92. The number of hydrogen-bond acceptors (Lipinski definition) is 3. The van der Waals surface area contributed by atoms with Crippen LogP contribution in [0.4, 0.5) is 0 Å². The summed E-state index contributed by atoms with van der Waals surface area (Å²) in [5.41, 5.74) is 0.727. The third-order valence-electron chi connectivity index (χ3n) is 5.04. The van der Waals surface area contributed by atoms with E-state index in [2.05, 4.69) is 5.32 Å². The molecule has 1 heterocycles. The van der Waals surface area contributed by atoms with Gasteiger partial charge in [0.1, 0.15) is 0 Å². The quantitative estimate of drug-likeness (QED) is 0.860. The van der Waals surface area contributed by atoms with E-state index in [4.69, 9.17) is 11.6 Å². The summed E-state index contributed by atoms with van der Waals surface area (Å²) in [6.45, 7) is 0.563. The van der Waals surface area contributed by atoms with Gasteiger partial charge in [0.2, 0.25) is 11.8 Å². The SMILES string of the molecule is CN1C(=O)CC(C(=O)NCC2(CO)CC2)C1c1cccc(Cl)c1. The molecule has 1 aromatic rings. The van der Waals surface area contributed by atoms with E-state index in [-0.39, 0.29) is 36.3 Å². The summed E-state index contributed by atoms with van der Waals surface area (Å²) in [4.78, 5) is 26.3. The number of rotatable bonds is 5. The molecular weight excluding hydrogens is 316 g/mol. The summed E-state index contributed by atoms with van der Waals surface area (Å²) in [6.07, 6.45) is 2.07. The molecule has 5 nitrogen and oxygen atoms in total. The van der Waals surface area contributed by atoms with Crippen LogP contribution in [0.25, 0.3) is 0 Å². The number of halogens is 1. The Morgan fingerprint density at radius 2 is 2.22 bits per heavy atom. The molecule has 0 radical (unpaired) electrons. The van der Waals surface area contributed by atoms with Gasteiger partial charge in [-0.25, -0.2) is 0 Å². The summed E-state index contributed by atoms with van der Waals surface area (Å²) < 4.78 is 0. The van der Waals surface area contributed by atoms with Gasteiger partial charge in [0.05, 0.1) is 18.6 Å². The number of amides is 2. The Bertz CT molecular complexity index is 630. The van der Waals surface area contributed by atoms with E-state index in [0.29, 0.717) is 11.6 Å². The van der Waals surface area contributed by atoms with E-state index >= 15 is 0 Å². The molecule has 1 aliphatic heterocycles. The predicted molar refractivity (Wildman–Crippen MR) is 86.8 cm³/mol. The Morgan fingerprint density at radius 1 is 1.48 bits per heavy atom. The Hall–Kier alpha value is -1.59. The molecular formula is C17H21ClN2O3. The van der Waals surface area contributed by atoms with Gasteiger partial charge in [-0.3, -0.25) is 9.59 Å². The van der Waals surface area contributed by atoms with E-state index < -0.39 is 5.92 Å². The molecule has 2 amide bonds. The first-order chi connectivity index (χ1) is 11.0. The molecule has 0 spiro atoms. The average Bonchev–Trinajstić information content (AvgIpc) is 3.26. The van der Waals surface area contributed by atoms with Gasteiger partial charge in [0.15, 0.2) is 0 Å². The Kier molecular flexibility index (Phi) is 4.34. The summed E-state index contributed by atoms with van der Waals surface area (Å²) in [5.74, 6) is -0.605. The van der Waals surface area contributed by atoms with Crippen LogP contribution in [0.3, 0.4) is 0 Å². The molecule has 2 N–H and O–H groups in total. The maximum absolute atomic E-state index is 12.6. The van der Waals surface area contributed by atoms with Crippen molar-refractivity contribution < 1.29 is 14.7 Å². The number of carbonyl (C=O) groups is 2. The van der Waals surface area contributed by atoms with Crippen LogP contribution in [0.2, 0.25) is 5.02 Å². The van der Waals surface area contributed by atoms with Crippen molar-refractivity contribution >= 4 is 23.4 Å². The van der Waals surface area contributed by atoms with Gasteiger partial charge in [-0.2, -0.15) is 0 Å². The fourth-order valence-electron chi connectivity index (χ4n) is 3.22. The molecule has 2 fully saturated rings. The molecule has 0 bridgehead atoms. The zero-order valence-electron chi connectivity index (χ0n) is 13.1.